The van der Waals surface area contributed by atoms with Gasteiger partial charge in [0.25, 0.3) is 5.91 Å². The van der Waals surface area contributed by atoms with Gasteiger partial charge in [-0.2, -0.15) is 4.98 Å². The fraction of sp³-hybridized carbons (Fsp3) is 0.600. The molecule has 0 aromatic carbocycles. The molecule has 0 N–H and O–H groups in total. The molecule has 1 saturated heterocycles. The van der Waals surface area contributed by atoms with Crippen LogP contribution in [0.5, 0.6) is 0 Å². The van der Waals surface area contributed by atoms with Gasteiger partial charge in [-0.1, -0.05) is 18.0 Å². The second kappa shape index (κ2) is 6.29. The topological polar surface area (TPSA) is 77.0 Å². The molecule has 2 aromatic rings. The fourth-order valence-electron chi connectivity index (χ4n) is 2.82. The summed E-state index contributed by atoms with van der Waals surface area (Å²) < 4.78 is 6.80. The molecule has 0 saturated carbocycles. The molecule has 118 valence electrons. The maximum Gasteiger partial charge on any atom is 0.274 e. The van der Waals surface area contributed by atoms with Crippen molar-refractivity contribution in [3.63, 3.8) is 0 Å². The van der Waals surface area contributed by atoms with Crippen LogP contribution in [0.2, 0.25) is 0 Å². The smallest absolute Gasteiger partial charge is 0.274 e. The van der Waals surface area contributed by atoms with Crippen molar-refractivity contribution in [1.82, 2.24) is 24.6 Å². The van der Waals surface area contributed by atoms with Gasteiger partial charge in [-0.05, 0) is 26.7 Å². The van der Waals surface area contributed by atoms with Crippen molar-refractivity contribution in [2.45, 2.75) is 51.6 Å². The molecule has 1 aliphatic rings. The van der Waals surface area contributed by atoms with E-state index < -0.39 is 0 Å². The van der Waals surface area contributed by atoms with Crippen LogP contribution >= 0.6 is 0 Å². The lowest BCUT2D eigenvalue weighted by molar-refractivity contribution is 0.0664. The van der Waals surface area contributed by atoms with Crippen molar-refractivity contribution < 1.29 is 9.32 Å². The Morgan fingerprint density at radius 2 is 2.18 bits per heavy atom. The van der Waals surface area contributed by atoms with Gasteiger partial charge in [0.1, 0.15) is 5.69 Å². The Hall–Kier alpha value is -2.18. The Labute approximate surface area is 129 Å². The van der Waals surface area contributed by atoms with E-state index in [2.05, 4.69) is 29.0 Å². The molecule has 1 atom stereocenters. The molecule has 22 heavy (non-hydrogen) atoms. The highest BCUT2D eigenvalue weighted by Gasteiger charge is 2.31. The molecule has 7 heteroatoms. The molecule has 1 aliphatic heterocycles. The van der Waals surface area contributed by atoms with Crippen LogP contribution in [0.15, 0.2) is 23.4 Å². The minimum absolute atomic E-state index is 0.0592. The Balaban J connectivity index is 1.86. The van der Waals surface area contributed by atoms with Crippen molar-refractivity contribution in [3.8, 4) is 0 Å². The Morgan fingerprint density at radius 1 is 1.32 bits per heavy atom. The van der Waals surface area contributed by atoms with Crippen LogP contribution in [0, 0.1) is 0 Å². The first-order chi connectivity index (χ1) is 10.7. The average Bonchev–Trinajstić information content (AvgIpc) is 3.14. The molecule has 0 spiro atoms. The molecular formula is C15H21N5O2. The summed E-state index contributed by atoms with van der Waals surface area (Å²) in [6.45, 7) is 4.82. The summed E-state index contributed by atoms with van der Waals surface area (Å²) in [4.78, 5) is 23.1. The predicted molar refractivity (Wildman–Crippen MR) is 79.2 cm³/mol. The van der Waals surface area contributed by atoms with Gasteiger partial charge in [0.05, 0.1) is 12.4 Å². The highest BCUT2D eigenvalue weighted by Crippen LogP contribution is 2.29. The number of hydrogen-bond acceptors (Lipinski definition) is 5. The SMILES string of the molecule is CC(C)n1cnc(C(=O)N2CCCCC[C@@H]2c2ncon2)c1. The van der Waals surface area contributed by atoms with Crippen LogP contribution in [0.4, 0.5) is 0 Å². The van der Waals surface area contributed by atoms with Crippen LogP contribution in [-0.4, -0.2) is 37.0 Å². The van der Waals surface area contributed by atoms with E-state index in [-0.39, 0.29) is 18.0 Å². The molecule has 0 radical (unpaired) electrons. The van der Waals surface area contributed by atoms with Crippen molar-refractivity contribution >= 4 is 5.91 Å². The normalized spacial score (nSPS) is 19.4. The van der Waals surface area contributed by atoms with E-state index in [0.29, 0.717) is 18.1 Å². The van der Waals surface area contributed by atoms with Gasteiger partial charge < -0.3 is 14.0 Å². The number of carbonyl (C=O) groups is 1. The molecule has 0 unspecified atom stereocenters. The Bertz CT molecular complexity index is 620. The second-order valence-corrected chi connectivity index (χ2v) is 5.95. The third kappa shape index (κ3) is 2.88. The van der Waals surface area contributed by atoms with Gasteiger partial charge >= 0.3 is 0 Å². The molecule has 0 aliphatic carbocycles. The van der Waals surface area contributed by atoms with Crippen LogP contribution in [0.25, 0.3) is 0 Å². The summed E-state index contributed by atoms with van der Waals surface area (Å²) in [6.07, 6.45) is 8.85. The number of imidazole rings is 1. The lowest BCUT2D eigenvalue weighted by Gasteiger charge is -2.27. The Morgan fingerprint density at radius 3 is 2.86 bits per heavy atom. The van der Waals surface area contributed by atoms with E-state index in [1.165, 1.54) is 6.39 Å². The van der Waals surface area contributed by atoms with Gasteiger partial charge in [0.2, 0.25) is 6.39 Å². The number of likely N-dealkylation sites (tertiary alicyclic amines) is 1. The molecule has 1 amide bonds. The van der Waals surface area contributed by atoms with Crippen molar-refractivity contribution in [1.29, 1.82) is 0 Å². The van der Waals surface area contributed by atoms with Gasteiger partial charge in [0, 0.05) is 18.8 Å². The highest BCUT2D eigenvalue weighted by molar-refractivity contribution is 5.92. The lowest BCUT2D eigenvalue weighted by atomic mass is 10.1. The van der Waals surface area contributed by atoms with Crippen molar-refractivity contribution in [2.24, 2.45) is 0 Å². The number of aromatic nitrogens is 4. The molecule has 0 bridgehead atoms. The molecule has 7 nitrogen and oxygen atoms in total. The molecule has 1 fully saturated rings. The first-order valence-corrected chi connectivity index (χ1v) is 7.77. The van der Waals surface area contributed by atoms with Gasteiger partial charge in [-0.15, -0.1) is 0 Å². The van der Waals surface area contributed by atoms with E-state index in [9.17, 15) is 4.79 Å². The van der Waals surface area contributed by atoms with Gasteiger partial charge in [-0.25, -0.2) is 4.98 Å². The predicted octanol–water partition coefficient (Wildman–Crippen LogP) is 2.60. The van der Waals surface area contributed by atoms with Crippen LogP contribution in [0.1, 0.15) is 67.9 Å². The maximum atomic E-state index is 12.9. The summed E-state index contributed by atoms with van der Waals surface area (Å²) >= 11 is 0. The number of nitrogens with zero attached hydrogens (tertiary/aromatic N) is 5. The monoisotopic (exact) mass is 303 g/mol. The van der Waals surface area contributed by atoms with E-state index in [1.807, 2.05) is 15.7 Å². The van der Waals surface area contributed by atoms with Crippen molar-refractivity contribution in [3.05, 3.63) is 30.4 Å². The summed E-state index contributed by atoms with van der Waals surface area (Å²) in [7, 11) is 0. The quantitative estimate of drug-likeness (QED) is 0.871. The zero-order chi connectivity index (χ0) is 15.5. The second-order valence-electron chi connectivity index (χ2n) is 5.95. The number of hydrogen-bond donors (Lipinski definition) is 0. The molecule has 2 aromatic heterocycles. The minimum Gasteiger partial charge on any atom is -0.343 e. The summed E-state index contributed by atoms with van der Waals surface area (Å²) in [6, 6.07) is 0.157. The van der Waals surface area contributed by atoms with Gasteiger partial charge in [-0.3, -0.25) is 4.79 Å². The number of amides is 1. The largest absolute Gasteiger partial charge is 0.343 e. The third-order valence-electron chi connectivity index (χ3n) is 4.11. The first kappa shape index (κ1) is 14.7. The van der Waals surface area contributed by atoms with E-state index >= 15 is 0 Å². The van der Waals surface area contributed by atoms with Crippen LogP contribution in [-0.2, 0) is 0 Å². The minimum atomic E-state index is -0.127. The lowest BCUT2D eigenvalue weighted by Crippen LogP contribution is -2.35. The first-order valence-electron chi connectivity index (χ1n) is 7.77. The molecular weight excluding hydrogens is 282 g/mol. The van der Waals surface area contributed by atoms with E-state index in [0.717, 1.165) is 25.7 Å². The zero-order valence-corrected chi connectivity index (χ0v) is 13.0. The van der Waals surface area contributed by atoms with E-state index in [1.54, 1.807) is 6.33 Å². The molecule has 3 rings (SSSR count). The standard InChI is InChI=1S/C15H21N5O2/c1-11(2)19-8-12(16-9-19)15(21)20-7-5-3-4-6-13(20)14-17-10-22-18-14/h8-11,13H,3-7H2,1-2H3/t13-/m1/s1. The fourth-order valence-corrected chi connectivity index (χ4v) is 2.82. The van der Waals surface area contributed by atoms with Gasteiger partial charge in [0.15, 0.2) is 5.82 Å². The van der Waals surface area contributed by atoms with E-state index in [4.69, 9.17) is 4.52 Å². The summed E-state index contributed by atoms with van der Waals surface area (Å²) in [5, 5.41) is 3.94. The average molecular weight is 303 g/mol. The van der Waals surface area contributed by atoms with Crippen molar-refractivity contribution in [2.75, 3.05) is 6.54 Å². The van der Waals surface area contributed by atoms with Crippen LogP contribution in [0.3, 0.4) is 0 Å². The highest BCUT2D eigenvalue weighted by atomic mass is 16.5. The maximum absolute atomic E-state index is 12.9. The molecule has 3 heterocycles. The number of carbonyl (C=O) groups excluding carboxylic acids is 1. The zero-order valence-electron chi connectivity index (χ0n) is 13.0. The number of rotatable bonds is 3. The summed E-state index contributed by atoms with van der Waals surface area (Å²) in [5.41, 5.74) is 0.476. The summed E-state index contributed by atoms with van der Waals surface area (Å²) in [5.74, 6) is 0.523. The third-order valence-corrected chi connectivity index (χ3v) is 4.11. The Kier molecular flexibility index (Phi) is 4.22. The van der Waals surface area contributed by atoms with Crippen LogP contribution < -0.4 is 0 Å².